The van der Waals surface area contributed by atoms with E-state index in [2.05, 4.69) is 23.7 Å². The summed E-state index contributed by atoms with van der Waals surface area (Å²) in [6.45, 7) is 6.39. The molecule has 1 aromatic carbocycles. The highest BCUT2D eigenvalue weighted by molar-refractivity contribution is 5.87. The summed E-state index contributed by atoms with van der Waals surface area (Å²) >= 11 is 0. The maximum Gasteiger partial charge on any atom is 0.143 e. The number of hydrogen-bond donors (Lipinski definition) is 0. The van der Waals surface area contributed by atoms with Gasteiger partial charge < -0.3 is 4.90 Å². The van der Waals surface area contributed by atoms with E-state index in [0.717, 1.165) is 38.2 Å². The van der Waals surface area contributed by atoms with E-state index in [0.29, 0.717) is 11.6 Å². The van der Waals surface area contributed by atoms with Crippen LogP contribution >= 0.6 is 0 Å². The van der Waals surface area contributed by atoms with Crippen molar-refractivity contribution in [2.24, 2.45) is 10.9 Å². The molecule has 4 heteroatoms. The highest BCUT2D eigenvalue weighted by Gasteiger charge is 2.19. The minimum absolute atomic E-state index is 0.0377. The molecule has 3 nitrogen and oxygen atoms in total. The number of rotatable bonds is 4. The number of aliphatic imine (C=N–C) groups is 1. The number of nitriles is 1. The summed E-state index contributed by atoms with van der Waals surface area (Å²) in [5, 5.41) is 9.04. The third kappa shape index (κ3) is 3.36. The molecule has 0 bridgehead atoms. The molecule has 0 amide bonds. The van der Waals surface area contributed by atoms with Crippen LogP contribution in [0.4, 0.5) is 10.1 Å². The zero-order valence-corrected chi connectivity index (χ0v) is 12.1. The molecule has 1 aliphatic heterocycles. The van der Waals surface area contributed by atoms with Crippen LogP contribution in [0.2, 0.25) is 0 Å². The van der Waals surface area contributed by atoms with Gasteiger partial charge in [-0.25, -0.2) is 9.38 Å². The molecule has 20 heavy (non-hydrogen) atoms. The molecule has 0 saturated carbocycles. The van der Waals surface area contributed by atoms with Gasteiger partial charge in [-0.15, -0.1) is 0 Å². The van der Waals surface area contributed by atoms with Crippen molar-refractivity contribution < 1.29 is 4.39 Å². The molecule has 0 unspecified atom stereocenters. The molecule has 106 valence electrons. The van der Waals surface area contributed by atoms with Gasteiger partial charge in [0.1, 0.15) is 23.3 Å². The van der Waals surface area contributed by atoms with E-state index >= 15 is 0 Å². The lowest BCUT2D eigenvalue weighted by Crippen LogP contribution is -2.26. The summed E-state index contributed by atoms with van der Waals surface area (Å²) in [7, 11) is 0. The fourth-order valence-electron chi connectivity index (χ4n) is 2.35. The van der Waals surface area contributed by atoms with Crippen molar-refractivity contribution in [3.63, 3.8) is 0 Å². The Morgan fingerprint density at radius 1 is 1.45 bits per heavy atom. The average molecular weight is 273 g/mol. The maximum atomic E-state index is 13.6. The first-order chi connectivity index (χ1) is 9.61. The van der Waals surface area contributed by atoms with Crippen LogP contribution in [-0.4, -0.2) is 23.8 Å². The third-order valence-electron chi connectivity index (χ3n) is 3.52. The first-order valence-corrected chi connectivity index (χ1v) is 7.13. The van der Waals surface area contributed by atoms with E-state index in [1.165, 1.54) is 6.07 Å². The van der Waals surface area contributed by atoms with Crippen LogP contribution in [0.15, 0.2) is 23.2 Å². The summed E-state index contributed by atoms with van der Waals surface area (Å²) in [5.41, 5.74) is 0.481. The summed E-state index contributed by atoms with van der Waals surface area (Å²) in [4.78, 5) is 6.79. The number of halogens is 1. The fraction of sp³-hybridized carbons (Fsp3) is 0.500. The number of benzene rings is 1. The van der Waals surface area contributed by atoms with Crippen molar-refractivity contribution in [3.8, 4) is 6.07 Å². The van der Waals surface area contributed by atoms with Gasteiger partial charge in [-0.3, -0.25) is 0 Å². The number of hydrogen-bond acceptors (Lipinski definition) is 2. The average Bonchev–Trinajstić information content (AvgIpc) is 2.84. The molecule has 1 fully saturated rings. The molecule has 0 N–H and O–H groups in total. The van der Waals surface area contributed by atoms with Crippen molar-refractivity contribution in [1.82, 2.24) is 4.90 Å². The van der Waals surface area contributed by atoms with Gasteiger partial charge in [0.25, 0.3) is 0 Å². The third-order valence-corrected chi connectivity index (χ3v) is 3.52. The second-order valence-electron chi connectivity index (χ2n) is 5.55. The second-order valence-corrected chi connectivity index (χ2v) is 5.55. The van der Waals surface area contributed by atoms with Crippen molar-refractivity contribution in [2.45, 2.75) is 33.1 Å². The second kappa shape index (κ2) is 6.51. The van der Waals surface area contributed by atoms with Crippen molar-refractivity contribution >= 4 is 11.5 Å². The highest BCUT2D eigenvalue weighted by Crippen LogP contribution is 2.24. The normalized spacial score (nSPS) is 16.9. The van der Waals surface area contributed by atoms with Crippen molar-refractivity contribution in [3.05, 3.63) is 29.6 Å². The van der Waals surface area contributed by atoms with Gasteiger partial charge >= 0.3 is 0 Å². The minimum Gasteiger partial charge on any atom is -0.360 e. The minimum atomic E-state index is -0.499. The summed E-state index contributed by atoms with van der Waals surface area (Å²) in [5.74, 6) is 1.13. The van der Waals surface area contributed by atoms with Gasteiger partial charge in [0.15, 0.2) is 0 Å². The van der Waals surface area contributed by atoms with E-state index in [4.69, 9.17) is 5.26 Å². The molecule has 0 spiro atoms. The lowest BCUT2D eigenvalue weighted by molar-refractivity contribution is 0.405. The zero-order valence-electron chi connectivity index (χ0n) is 12.1. The predicted molar refractivity (Wildman–Crippen MR) is 78.5 cm³/mol. The van der Waals surface area contributed by atoms with E-state index in [9.17, 15) is 4.39 Å². The fourth-order valence-corrected chi connectivity index (χ4v) is 2.35. The van der Waals surface area contributed by atoms with Crippen LogP contribution in [0.5, 0.6) is 0 Å². The Balaban J connectivity index is 2.21. The first-order valence-electron chi connectivity index (χ1n) is 7.13. The maximum absolute atomic E-state index is 13.6. The summed E-state index contributed by atoms with van der Waals surface area (Å²) < 4.78 is 13.6. The molecule has 0 atom stereocenters. The van der Waals surface area contributed by atoms with Gasteiger partial charge in [-0.2, -0.15) is 5.26 Å². The largest absolute Gasteiger partial charge is 0.360 e. The number of amidine groups is 1. The molecular formula is C16H20FN3. The molecule has 0 aliphatic carbocycles. The van der Waals surface area contributed by atoms with Gasteiger partial charge in [0, 0.05) is 19.5 Å². The molecular weight excluding hydrogens is 253 g/mol. The van der Waals surface area contributed by atoms with Crippen LogP contribution < -0.4 is 0 Å². The molecule has 1 saturated heterocycles. The van der Waals surface area contributed by atoms with E-state index in [1.54, 1.807) is 12.1 Å². The van der Waals surface area contributed by atoms with E-state index in [-0.39, 0.29) is 5.56 Å². The molecule has 0 aromatic heterocycles. The Morgan fingerprint density at radius 3 is 2.95 bits per heavy atom. The SMILES string of the molecule is CC(C)CCN1CCCC1=Nc1cccc(F)c1C#N. The number of likely N-dealkylation sites (tertiary alicyclic amines) is 1. The zero-order chi connectivity index (χ0) is 14.5. The summed E-state index contributed by atoms with van der Waals surface area (Å²) in [6.07, 6.45) is 3.10. The smallest absolute Gasteiger partial charge is 0.143 e. The quantitative estimate of drug-likeness (QED) is 0.835. The highest BCUT2D eigenvalue weighted by atomic mass is 19.1. The van der Waals surface area contributed by atoms with Crippen LogP contribution in [0.25, 0.3) is 0 Å². The van der Waals surface area contributed by atoms with Gasteiger partial charge in [-0.1, -0.05) is 19.9 Å². The van der Waals surface area contributed by atoms with Crippen LogP contribution in [0.1, 0.15) is 38.7 Å². The molecule has 1 aliphatic rings. The van der Waals surface area contributed by atoms with Crippen LogP contribution in [0.3, 0.4) is 0 Å². The Labute approximate surface area is 119 Å². The number of nitrogens with zero attached hydrogens (tertiary/aromatic N) is 3. The molecule has 0 radical (unpaired) electrons. The lowest BCUT2D eigenvalue weighted by atomic mass is 10.1. The topological polar surface area (TPSA) is 39.4 Å². The first kappa shape index (κ1) is 14.5. The molecule has 2 rings (SSSR count). The van der Waals surface area contributed by atoms with Gasteiger partial charge in [0.05, 0.1) is 5.69 Å². The van der Waals surface area contributed by atoms with Crippen LogP contribution in [0, 0.1) is 23.1 Å². The Hall–Kier alpha value is -1.89. The molecule has 1 heterocycles. The molecule has 1 aromatic rings. The summed E-state index contributed by atoms with van der Waals surface area (Å²) in [6, 6.07) is 6.50. The van der Waals surface area contributed by atoms with Crippen molar-refractivity contribution in [2.75, 3.05) is 13.1 Å². The predicted octanol–water partition coefficient (Wildman–Crippen LogP) is 3.87. The van der Waals surface area contributed by atoms with Gasteiger partial charge in [0.2, 0.25) is 0 Å². The Morgan fingerprint density at radius 2 is 2.25 bits per heavy atom. The lowest BCUT2D eigenvalue weighted by Gasteiger charge is -2.20. The standard InChI is InChI=1S/C16H20FN3/c1-12(2)8-10-20-9-4-7-16(20)19-15-6-3-5-14(17)13(15)11-18/h3,5-6,12H,4,7-10H2,1-2H3. The van der Waals surface area contributed by atoms with Crippen LogP contribution in [-0.2, 0) is 0 Å². The van der Waals surface area contributed by atoms with E-state index < -0.39 is 5.82 Å². The van der Waals surface area contributed by atoms with Gasteiger partial charge in [-0.05, 0) is 30.9 Å². The Kier molecular flexibility index (Phi) is 4.73. The van der Waals surface area contributed by atoms with E-state index in [1.807, 2.05) is 6.07 Å². The monoisotopic (exact) mass is 273 g/mol. The Bertz CT molecular complexity index is 543. The van der Waals surface area contributed by atoms with Crippen molar-refractivity contribution in [1.29, 1.82) is 5.26 Å².